The molecule has 27 heteroatoms. The highest BCUT2D eigenvalue weighted by Crippen LogP contribution is 2.36. The average molecular weight is 1610 g/mol. The molecule has 20 rings (SSSR count). The Morgan fingerprint density at radius 2 is 0.667 bits per heavy atom. The number of amides is 4. The second-order valence-electron chi connectivity index (χ2n) is 32.3. The number of nitrogens with one attached hydrogen (secondary N) is 4. The van der Waals surface area contributed by atoms with Crippen molar-refractivity contribution in [1.82, 2.24) is 99.5 Å². The van der Waals surface area contributed by atoms with E-state index in [1.54, 1.807) is 66.0 Å². The van der Waals surface area contributed by atoms with E-state index in [1.165, 1.54) is 30.3 Å². The van der Waals surface area contributed by atoms with Gasteiger partial charge in [-0.1, -0.05) is 60.2 Å². The Balaban J connectivity index is 0.000000114. The molecule has 4 fully saturated rings. The van der Waals surface area contributed by atoms with Gasteiger partial charge in [-0.25, -0.2) is 13.2 Å². The largest absolute Gasteiger partial charge is 0.336 e. The van der Waals surface area contributed by atoms with Gasteiger partial charge in [0, 0.05) is 162 Å². The summed E-state index contributed by atoms with van der Waals surface area (Å²) in [5.41, 5.74) is 15.9. The molecule has 12 heterocycles. The molecule has 8 aromatic heterocycles. The van der Waals surface area contributed by atoms with E-state index in [0.29, 0.717) is 48.5 Å². The normalized spacial score (nSPS) is 18.9. The van der Waals surface area contributed by atoms with Gasteiger partial charge in [-0.3, -0.25) is 58.3 Å². The summed E-state index contributed by atoms with van der Waals surface area (Å²) in [6, 6.07) is 51.4. The van der Waals surface area contributed by atoms with Gasteiger partial charge < -0.3 is 19.6 Å². The SMILES string of the molecule is C[C@@H]1CC(Cn2ncc3cc(-c4cn[nH]c4)ccc32)CN1C(=O)c1ccc(F)cc1.C[C@@H]1CC(Cn2ncc3cc(-c4cn[nH]c4)ccc32)CN1C(=O)c1cccc(F)c1.C[C@@H]1CC(Cn2ncc3cc(-c4cn[nH]c4)ccc32)CN1C(=O)c1ccccc1F.Cc1cccc(C(=O)N2CC(Cn3ncc4cc(-c5cn[nH]c5)ccc43)C[C@@H]2C)c1. The molecular weight excluding hydrogens is 1520 g/mol. The summed E-state index contributed by atoms with van der Waals surface area (Å²) in [6.07, 6.45) is 26.0. The molecule has 0 bridgehead atoms. The van der Waals surface area contributed by atoms with Crippen LogP contribution in [0.4, 0.5) is 13.2 Å². The Kier molecular flexibility index (Phi) is 22.5. The smallest absolute Gasteiger partial charge is 0.257 e. The van der Waals surface area contributed by atoms with Crippen LogP contribution >= 0.6 is 0 Å². The molecule has 4 N–H and O–H groups in total. The maximum atomic E-state index is 14.1. The quantitative estimate of drug-likeness (QED) is 0.0703. The van der Waals surface area contributed by atoms with E-state index in [1.807, 2.05) is 123 Å². The first-order valence-corrected chi connectivity index (χ1v) is 40.7. The molecule has 608 valence electrons. The minimum Gasteiger partial charge on any atom is -0.336 e. The van der Waals surface area contributed by atoms with Gasteiger partial charge in [-0.15, -0.1) is 0 Å². The number of nitrogens with zero attached hydrogens (tertiary/aromatic N) is 16. The molecule has 4 aliphatic rings. The lowest BCUT2D eigenvalue weighted by Crippen LogP contribution is -2.34. The van der Waals surface area contributed by atoms with Crippen LogP contribution in [-0.2, 0) is 26.2 Å². The number of aromatic amines is 4. The van der Waals surface area contributed by atoms with E-state index in [4.69, 9.17) is 0 Å². The van der Waals surface area contributed by atoms with Crippen molar-refractivity contribution < 1.29 is 32.3 Å². The van der Waals surface area contributed by atoms with Gasteiger partial charge in [0.2, 0.25) is 0 Å². The molecule has 0 radical (unpaired) electrons. The summed E-state index contributed by atoms with van der Waals surface area (Å²) in [4.78, 5) is 59.1. The van der Waals surface area contributed by atoms with Gasteiger partial charge in [-0.2, -0.15) is 40.8 Å². The summed E-state index contributed by atoms with van der Waals surface area (Å²) >= 11 is 0. The topological polar surface area (TPSA) is 267 Å². The molecule has 0 aliphatic carbocycles. The standard InChI is InChI=1S/C24H25N5O.3C23H22FN5O/c1-16-4-3-5-20(8-16)24(30)28-14-18(9-17(28)2)15-29-23-7-6-19(10-21(23)13-27-29)22-11-25-26-12-22;1-15-8-16(13-28(15)23(30)17-2-5-21(24)6-3-17)14-29-22-7-4-18(9-19(22)12-27-29)20-10-25-26-11-20;1-15-7-16(13-28(15)23(30)18-3-2-4-21(24)9-18)14-29-22-6-5-17(8-19(22)12-27-29)20-10-25-26-11-20;1-15-8-16(13-28(15)23(30)20-4-2-3-5-21(20)24)14-29-22-7-6-17(9-18(22)12-27-29)19-10-25-26-11-19/h3-8,10-13,17-18H,9,14-15H2,1-2H3,(H,25,26);2-7,9-12,15-16H,8,13-14H2,1H3,(H,25,26);2-6,8-12,15-16H,7,13-14H2,1H3,(H,25,26);2-7,9-12,15-16H,8,13-14H2,1H3,(H,25,26)/t17-,18?;3*15-,16?/m0111/s1. The third kappa shape index (κ3) is 17.0. The molecule has 4 saturated heterocycles. The van der Waals surface area contributed by atoms with Crippen LogP contribution < -0.4 is 0 Å². The van der Waals surface area contributed by atoms with E-state index >= 15 is 0 Å². The second-order valence-corrected chi connectivity index (χ2v) is 32.3. The maximum absolute atomic E-state index is 14.1. The summed E-state index contributed by atoms with van der Waals surface area (Å²) in [5.74, 6) is -0.165. The van der Waals surface area contributed by atoms with Gasteiger partial charge in [0.05, 0.1) is 77.2 Å². The van der Waals surface area contributed by atoms with Crippen LogP contribution in [0, 0.1) is 48.0 Å². The number of fused-ring (bicyclic) bond motifs is 4. The molecule has 0 saturated carbocycles. The maximum Gasteiger partial charge on any atom is 0.257 e. The number of benzene rings is 8. The summed E-state index contributed by atoms with van der Waals surface area (Å²) in [6.45, 7) is 16.0. The average Bonchev–Trinajstić information content (AvgIpc) is 1.66. The van der Waals surface area contributed by atoms with Crippen LogP contribution in [0.15, 0.2) is 244 Å². The molecule has 24 nitrogen and oxygen atoms in total. The molecule has 4 amide bonds. The highest BCUT2D eigenvalue weighted by atomic mass is 19.1. The minimum absolute atomic E-state index is 0.0416. The summed E-state index contributed by atoms with van der Waals surface area (Å²) < 4.78 is 48.9. The van der Waals surface area contributed by atoms with E-state index in [2.05, 4.69) is 159 Å². The third-order valence-electron chi connectivity index (χ3n) is 23.8. The van der Waals surface area contributed by atoms with Crippen molar-refractivity contribution in [3.05, 3.63) is 289 Å². The number of hydrogen-bond acceptors (Lipinski definition) is 12. The van der Waals surface area contributed by atoms with Crippen molar-refractivity contribution in [2.45, 2.75) is 111 Å². The molecule has 8 atom stereocenters. The van der Waals surface area contributed by atoms with Gasteiger partial charge in [0.15, 0.2) is 0 Å². The number of aromatic nitrogens is 16. The monoisotopic (exact) mass is 1610 g/mol. The number of halogens is 3. The molecule has 120 heavy (non-hydrogen) atoms. The molecular formula is C93H91F3N20O4. The molecule has 16 aromatic rings. The molecule has 0 spiro atoms. The van der Waals surface area contributed by atoms with Crippen molar-refractivity contribution in [2.75, 3.05) is 26.2 Å². The van der Waals surface area contributed by atoms with Crippen molar-refractivity contribution in [3.63, 3.8) is 0 Å². The lowest BCUT2D eigenvalue weighted by Gasteiger charge is -2.21. The number of rotatable bonds is 16. The van der Waals surface area contributed by atoms with E-state index in [0.717, 1.165) is 158 Å². The van der Waals surface area contributed by atoms with Crippen molar-refractivity contribution in [3.8, 4) is 44.5 Å². The summed E-state index contributed by atoms with van der Waals surface area (Å²) in [7, 11) is 0. The second kappa shape index (κ2) is 34.4. The van der Waals surface area contributed by atoms with Crippen LogP contribution in [0.1, 0.15) is 100 Å². The number of carbonyl (C=O) groups is 4. The van der Waals surface area contributed by atoms with Crippen molar-refractivity contribution in [2.24, 2.45) is 23.7 Å². The Labute approximate surface area is 690 Å². The lowest BCUT2D eigenvalue weighted by atomic mass is 10.1. The van der Waals surface area contributed by atoms with Crippen molar-refractivity contribution >= 4 is 67.2 Å². The van der Waals surface area contributed by atoms with E-state index in [9.17, 15) is 32.3 Å². The van der Waals surface area contributed by atoms with Crippen LogP contribution in [-0.4, -0.2) is 173 Å². The van der Waals surface area contributed by atoms with E-state index in [-0.39, 0.29) is 70.9 Å². The first-order valence-electron chi connectivity index (χ1n) is 40.7. The zero-order valence-electron chi connectivity index (χ0n) is 67.1. The Morgan fingerprint density at radius 3 is 1.00 bits per heavy atom. The number of likely N-dealkylation sites (tertiary alicyclic amines) is 4. The van der Waals surface area contributed by atoms with Crippen LogP contribution in [0.5, 0.6) is 0 Å². The highest BCUT2D eigenvalue weighted by molar-refractivity contribution is 5.97. The zero-order chi connectivity index (χ0) is 82.7. The third-order valence-corrected chi connectivity index (χ3v) is 23.8. The fraction of sp³-hybridized carbons (Fsp3) is 0.269. The molecule has 4 unspecified atom stereocenters. The first kappa shape index (κ1) is 78.7. The number of carbonyl (C=O) groups excluding carboxylic acids is 4. The van der Waals surface area contributed by atoms with Crippen LogP contribution in [0.3, 0.4) is 0 Å². The van der Waals surface area contributed by atoms with Gasteiger partial charge in [0.1, 0.15) is 17.5 Å². The number of aryl methyl sites for hydroxylation is 1. The highest BCUT2D eigenvalue weighted by Gasteiger charge is 2.38. The fourth-order valence-corrected chi connectivity index (χ4v) is 17.8. The lowest BCUT2D eigenvalue weighted by molar-refractivity contribution is 0.0730. The van der Waals surface area contributed by atoms with Gasteiger partial charge in [0.25, 0.3) is 23.6 Å². The van der Waals surface area contributed by atoms with Crippen LogP contribution in [0.25, 0.3) is 88.1 Å². The summed E-state index contributed by atoms with van der Waals surface area (Å²) in [5, 5.41) is 50.2. The van der Waals surface area contributed by atoms with Crippen molar-refractivity contribution in [1.29, 1.82) is 0 Å². The predicted octanol–water partition coefficient (Wildman–Crippen LogP) is 16.6. The van der Waals surface area contributed by atoms with Crippen LogP contribution in [0.2, 0.25) is 0 Å². The van der Waals surface area contributed by atoms with Gasteiger partial charge >= 0.3 is 0 Å². The predicted molar refractivity (Wildman–Crippen MR) is 454 cm³/mol. The number of H-pyrrole nitrogens is 4. The van der Waals surface area contributed by atoms with E-state index < -0.39 is 5.82 Å². The Morgan fingerprint density at radius 1 is 0.333 bits per heavy atom. The number of hydrogen-bond donors (Lipinski definition) is 4. The minimum atomic E-state index is -0.468. The Hall–Kier alpha value is -13.9. The first-order chi connectivity index (χ1) is 58.3. The Bertz CT molecular complexity index is 6100. The fourth-order valence-electron chi connectivity index (χ4n) is 17.8. The zero-order valence-corrected chi connectivity index (χ0v) is 67.1. The van der Waals surface area contributed by atoms with Gasteiger partial charge in [-0.05, 0) is 221 Å². The molecule has 4 aliphatic heterocycles. The molecule has 8 aromatic carbocycles.